The molecule has 1 saturated heterocycles. The van der Waals surface area contributed by atoms with Crippen LogP contribution in [0, 0.1) is 0 Å². The number of sulfonamides is 1. The number of thioether (sulfide) groups is 1. The summed E-state index contributed by atoms with van der Waals surface area (Å²) in [7, 11) is -4.02. The van der Waals surface area contributed by atoms with Crippen molar-refractivity contribution >= 4 is 38.9 Å². The molecule has 3 rings (SSSR count). The molecule has 0 bridgehead atoms. The van der Waals surface area contributed by atoms with Gasteiger partial charge in [0, 0.05) is 18.2 Å². The number of rotatable bonds is 6. The second kappa shape index (κ2) is 8.76. The molecule has 1 aliphatic rings. The highest BCUT2D eigenvalue weighted by atomic mass is 32.2. The molecule has 156 valence electrons. The van der Waals surface area contributed by atoms with Crippen molar-refractivity contribution in [2.24, 2.45) is 4.40 Å². The van der Waals surface area contributed by atoms with Gasteiger partial charge in [0.15, 0.2) is 5.17 Å². The minimum Gasteiger partial charge on any atom is -0.508 e. The van der Waals surface area contributed by atoms with E-state index in [1.807, 2.05) is 6.92 Å². The zero-order valence-corrected chi connectivity index (χ0v) is 17.8. The lowest BCUT2D eigenvalue weighted by Crippen LogP contribution is -2.29. The predicted molar refractivity (Wildman–Crippen MR) is 118 cm³/mol. The molecule has 7 nitrogen and oxygen atoms in total. The molecule has 2 aromatic rings. The van der Waals surface area contributed by atoms with Crippen molar-refractivity contribution < 1.29 is 23.4 Å². The van der Waals surface area contributed by atoms with Crippen LogP contribution in [0.2, 0.25) is 0 Å². The molecule has 0 saturated carbocycles. The molecule has 0 atom stereocenters. The maximum Gasteiger partial charge on any atom is 0.284 e. The molecule has 1 amide bonds. The second-order valence-electron chi connectivity index (χ2n) is 6.40. The molecule has 30 heavy (non-hydrogen) atoms. The smallest absolute Gasteiger partial charge is 0.284 e. The van der Waals surface area contributed by atoms with Crippen LogP contribution in [-0.4, -0.2) is 41.2 Å². The summed E-state index contributed by atoms with van der Waals surface area (Å²) in [5, 5.41) is 19.4. The van der Waals surface area contributed by atoms with Crippen LogP contribution in [0.4, 0.5) is 0 Å². The van der Waals surface area contributed by atoms with E-state index in [2.05, 4.69) is 11.0 Å². The third-order valence-corrected chi connectivity index (χ3v) is 6.73. The zero-order valence-electron chi connectivity index (χ0n) is 16.1. The van der Waals surface area contributed by atoms with Gasteiger partial charge < -0.3 is 10.2 Å². The number of hydrogen-bond acceptors (Lipinski definition) is 6. The van der Waals surface area contributed by atoms with Crippen molar-refractivity contribution in [1.29, 1.82) is 0 Å². The molecule has 1 aliphatic heterocycles. The van der Waals surface area contributed by atoms with Gasteiger partial charge in [0.1, 0.15) is 11.5 Å². The van der Waals surface area contributed by atoms with Crippen LogP contribution in [0.15, 0.2) is 69.3 Å². The summed E-state index contributed by atoms with van der Waals surface area (Å²) in [4.78, 5) is 14.2. The molecule has 0 unspecified atom stereocenters. The van der Waals surface area contributed by atoms with Crippen LogP contribution >= 0.6 is 11.8 Å². The Morgan fingerprint density at radius 2 is 1.87 bits per heavy atom. The van der Waals surface area contributed by atoms with Crippen LogP contribution < -0.4 is 0 Å². The predicted octanol–water partition coefficient (Wildman–Crippen LogP) is 3.51. The third-order valence-electron chi connectivity index (χ3n) is 4.33. The molecule has 0 spiro atoms. The quantitative estimate of drug-likeness (QED) is 0.522. The number of phenolic OH excluding ortho intramolecular Hbond substituents is 2. The van der Waals surface area contributed by atoms with Crippen molar-refractivity contribution in [1.82, 2.24) is 4.90 Å². The Kier molecular flexibility index (Phi) is 6.33. The molecule has 1 fully saturated rings. The highest BCUT2D eigenvalue weighted by molar-refractivity contribution is 8.19. The molecular formula is C21H20N2O5S2. The molecule has 2 aromatic carbocycles. The van der Waals surface area contributed by atoms with Crippen LogP contribution in [0.3, 0.4) is 0 Å². The Balaban J connectivity index is 1.99. The number of carbonyl (C=O) groups excluding carboxylic acids is 1. The van der Waals surface area contributed by atoms with Gasteiger partial charge in [-0.05, 0) is 54.1 Å². The molecule has 2 N–H and O–H groups in total. The van der Waals surface area contributed by atoms with E-state index in [1.54, 1.807) is 12.1 Å². The maximum absolute atomic E-state index is 12.8. The molecule has 0 radical (unpaired) electrons. The van der Waals surface area contributed by atoms with Crippen LogP contribution in [0.25, 0.3) is 6.08 Å². The average Bonchev–Trinajstić information content (AvgIpc) is 2.98. The highest BCUT2D eigenvalue weighted by Crippen LogP contribution is 2.35. The molecular weight excluding hydrogens is 424 g/mol. The first-order valence-corrected chi connectivity index (χ1v) is 11.3. The first kappa shape index (κ1) is 21.7. The Bertz CT molecular complexity index is 1150. The largest absolute Gasteiger partial charge is 0.508 e. The van der Waals surface area contributed by atoms with Crippen molar-refractivity contribution in [3.05, 3.63) is 71.2 Å². The number of amides is 1. The van der Waals surface area contributed by atoms with Gasteiger partial charge in [-0.25, -0.2) is 0 Å². The number of carbonyl (C=O) groups is 1. The Morgan fingerprint density at radius 3 is 2.47 bits per heavy atom. The summed E-state index contributed by atoms with van der Waals surface area (Å²) in [6.07, 6.45) is 3.67. The van der Waals surface area contributed by atoms with Gasteiger partial charge in [0.05, 0.1) is 9.80 Å². The normalized spacial score (nSPS) is 17.1. The fraction of sp³-hybridized carbons (Fsp3) is 0.143. The van der Waals surface area contributed by atoms with Crippen LogP contribution in [0.1, 0.15) is 18.1 Å². The van der Waals surface area contributed by atoms with E-state index in [4.69, 9.17) is 0 Å². The summed E-state index contributed by atoms with van der Waals surface area (Å²) in [5.41, 5.74) is 1.31. The number of amidine groups is 1. The Hall–Kier alpha value is -3.04. The first-order valence-electron chi connectivity index (χ1n) is 9.03. The lowest BCUT2D eigenvalue weighted by molar-refractivity contribution is -0.121. The van der Waals surface area contributed by atoms with E-state index >= 15 is 0 Å². The maximum atomic E-state index is 12.8. The van der Waals surface area contributed by atoms with Crippen molar-refractivity contribution in [3.8, 4) is 11.5 Å². The van der Waals surface area contributed by atoms with E-state index in [0.717, 1.165) is 29.8 Å². The molecule has 1 heterocycles. The number of aryl methyl sites for hydroxylation is 1. The minimum atomic E-state index is -4.02. The lowest BCUT2D eigenvalue weighted by Gasteiger charge is -2.12. The Labute approximate surface area is 179 Å². The van der Waals surface area contributed by atoms with Gasteiger partial charge in [-0.3, -0.25) is 9.69 Å². The van der Waals surface area contributed by atoms with Gasteiger partial charge in [-0.2, -0.15) is 8.42 Å². The minimum absolute atomic E-state index is 0.00369. The van der Waals surface area contributed by atoms with Gasteiger partial charge in [0.25, 0.3) is 15.9 Å². The molecule has 0 aromatic heterocycles. The van der Waals surface area contributed by atoms with Crippen LogP contribution in [0.5, 0.6) is 11.5 Å². The van der Waals surface area contributed by atoms with Gasteiger partial charge in [-0.15, -0.1) is 11.0 Å². The van der Waals surface area contributed by atoms with Gasteiger partial charge in [0.2, 0.25) is 0 Å². The number of aromatic hydroxyl groups is 2. The SMILES string of the molecule is C=CCN1C(=O)/C(=C/c2ccc(O)cc2O)SC1=NS(=O)(=O)c1ccc(CC)cc1. The third kappa shape index (κ3) is 4.58. The monoisotopic (exact) mass is 444 g/mol. The zero-order chi connectivity index (χ0) is 21.9. The van der Waals surface area contributed by atoms with E-state index < -0.39 is 15.9 Å². The number of phenols is 2. The first-order chi connectivity index (χ1) is 14.2. The van der Waals surface area contributed by atoms with E-state index in [-0.39, 0.29) is 33.0 Å². The molecule has 0 aliphatic carbocycles. The van der Waals surface area contributed by atoms with E-state index in [1.165, 1.54) is 41.3 Å². The Morgan fingerprint density at radius 1 is 1.17 bits per heavy atom. The van der Waals surface area contributed by atoms with Crippen molar-refractivity contribution in [3.63, 3.8) is 0 Å². The summed E-state index contributed by atoms with van der Waals surface area (Å²) >= 11 is 0.891. The van der Waals surface area contributed by atoms with Crippen molar-refractivity contribution in [2.75, 3.05) is 6.54 Å². The topological polar surface area (TPSA) is 107 Å². The standard InChI is InChI=1S/C21H20N2O5S2/c1-3-11-23-20(26)19(12-15-7-8-16(24)13-18(15)25)29-21(23)22-30(27,28)17-9-5-14(4-2)6-10-17/h3,5-10,12-13,24-25H,1,4,11H2,2H3/b19-12-,22-21?. The highest BCUT2D eigenvalue weighted by Gasteiger charge is 2.34. The number of benzene rings is 2. The fourth-order valence-corrected chi connectivity index (χ4v) is 4.89. The number of nitrogens with zero attached hydrogens (tertiary/aromatic N) is 2. The van der Waals surface area contributed by atoms with Crippen LogP contribution in [-0.2, 0) is 21.2 Å². The summed E-state index contributed by atoms with van der Waals surface area (Å²) in [5.74, 6) is -0.779. The molecule has 9 heteroatoms. The lowest BCUT2D eigenvalue weighted by atomic mass is 10.1. The second-order valence-corrected chi connectivity index (χ2v) is 9.02. The summed E-state index contributed by atoms with van der Waals surface area (Å²) in [6, 6.07) is 10.4. The number of hydrogen-bond donors (Lipinski definition) is 2. The van der Waals surface area contributed by atoms with E-state index in [9.17, 15) is 23.4 Å². The average molecular weight is 445 g/mol. The summed E-state index contributed by atoms with van der Waals surface area (Å²) in [6.45, 7) is 5.65. The fourth-order valence-electron chi connectivity index (χ4n) is 2.71. The van der Waals surface area contributed by atoms with Gasteiger partial charge >= 0.3 is 0 Å². The van der Waals surface area contributed by atoms with Gasteiger partial charge in [-0.1, -0.05) is 25.1 Å². The summed E-state index contributed by atoms with van der Waals surface area (Å²) < 4.78 is 29.4. The van der Waals surface area contributed by atoms with E-state index in [0.29, 0.717) is 5.56 Å². The van der Waals surface area contributed by atoms with Crippen molar-refractivity contribution in [2.45, 2.75) is 18.2 Å².